The molecule has 2 heterocycles. The van der Waals surface area contributed by atoms with Crippen LogP contribution in [0.25, 0.3) is 5.69 Å². The Morgan fingerprint density at radius 3 is 2.87 bits per heavy atom. The summed E-state index contributed by atoms with van der Waals surface area (Å²) in [4.78, 5) is 40.4. The number of aromatic nitrogens is 2. The molecule has 2 aromatic rings. The number of halogens is 1. The first-order valence-corrected chi connectivity index (χ1v) is 10.3. The molecule has 1 saturated heterocycles. The summed E-state index contributed by atoms with van der Waals surface area (Å²) < 4.78 is 6.63. The smallest absolute Gasteiger partial charge is 0.310 e. The number of hydrogen-bond acceptors (Lipinski definition) is 5. The Morgan fingerprint density at radius 2 is 2.13 bits per heavy atom. The fourth-order valence-corrected chi connectivity index (χ4v) is 3.63. The monoisotopic (exact) mass is 432 g/mol. The Hall–Kier alpha value is -2.87. The third-order valence-electron chi connectivity index (χ3n) is 5.02. The molecule has 0 radical (unpaired) electrons. The van der Waals surface area contributed by atoms with E-state index >= 15 is 0 Å². The summed E-state index contributed by atoms with van der Waals surface area (Å²) in [6, 6.07) is 7.13. The number of likely N-dealkylation sites (tertiary alicyclic amines) is 1. The molecule has 1 atom stereocenters. The molecule has 30 heavy (non-hydrogen) atoms. The van der Waals surface area contributed by atoms with Crippen LogP contribution < -0.4 is 0 Å². The molecule has 1 fully saturated rings. The van der Waals surface area contributed by atoms with Gasteiger partial charge in [0, 0.05) is 31.4 Å². The molecular weight excluding hydrogens is 408 g/mol. The quantitative estimate of drug-likeness (QED) is 0.654. The molecule has 8 nitrogen and oxygen atoms in total. The maximum absolute atomic E-state index is 12.7. The average molecular weight is 433 g/mol. The molecule has 1 aliphatic rings. The number of esters is 1. The number of piperidine rings is 1. The maximum atomic E-state index is 12.7. The molecule has 160 valence electrons. The number of nitrogens with zero attached hydrogens (tertiary/aromatic N) is 4. The van der Waals surface area contributed by atoms with Crippen LogP contribution in [0.15, 0.2) is 36.7 Å². The summed E-state index contributed by atoms with van der Waals surface area (Å²) in [5, 5.41) is 4.78. The lowest BCUT2D eigenvalue weighted by molar-refractivity contribution is -0.151. The van der Waals surface area contributed by atoms with Gasteiger partial charge in [0.15, 0.2) is 0 Å². The van der Waals surface area contributed by atoms with Crippen molar-refractivity contribution in [1.82, 2.24) is 19.6 Å². The van der Waals surface area contributed by atoms with Crippen molar-refractivity contribution in [1.29, 1.82) is 0 Å². The molecule has 0 aliphatic carbocycles. The van der Waals surface area contributed by atoms with Crippen LogP contribution in [-0.2, 0) is 14.3 Å². The van der Waals surface area contributed by atoms with E-state index in [-0.39, 0.29) is 30.2 Å². The predicted molar refractivity (Wildman–Crippen MR) is 111 cm³/mol. The van der Waals surface area contributed by atoms with E-state index in [1.165, 1.54) is 11.1 Å². The van der Waals surface area contributed by atoms with Crippen LogP contribution >= 0.6 is 11.6 Å². The highest BCUT2D eigenvalue weighted by atomic mass is 35.5. The standard InChI is InChI=1S/C21H25ClN4O4/c1-3-30-21(29)15-6-5-9-25(12-15)19(27)14-24(2)20(28)16-11-23-26(13-16)18-8-4-7-17(22)10-18/h4,7-8,10-11,13,15H,3,5-6,9,12,14H2,1-2H3. The van der Waals surface area contributed by atoms with E-state index in [0.29, 0.717) is 36.7 Å². The van der Waals surface area contributed by atoms with Crippen molar-refractivity contribution in [2.24, 2.45) is 5.92 Å². The number of carbonyl (C=O) groups excluding carboxylic acids is 3. The van der Waals surface area contributed by atoms with Crippen molar-refractivity contribution in [3.63, 3.8) is 0 Å². The Morgan fingerprint density at radius 1 is 1.33 bits per heavy atom. The van der Waals surface area contributed by atoms with Gasteiger partial charge in [0.2, 0.25) is 5.91 Å². The van der Waals surface area contributed by atoms with Crippen LogP contribution in [0, 0.1) is 5.92 Å². The Labute approximate surface area is 180 Å². The Kier molecular flexibility index (Phi) is 7.10. The van der Waals surface area contributed by atoms with Crippen molar-refractivity contribution in [2.75, 3.05) is 33.3 Å². The molecule has 9 heteroatoms. The SMILES string of the molecule is CCOC(=O)C1CCCN(C(=O)CN(C)C(=O)c2cnn(-c3cccc(Cl)c3)c2)C1. The summed E-state index contributed by atoms with van der Waals surface area (Å²) in [6.07, 6.45) is 4.51. The lowest BCUT2D eigenvalue weighted by Gasteiger charge is -2.32. The molecular formula is C21H25ClN4O4. The zero-order valence-electron chi connectivity index (χ0n) is 17.1. The Bertz CT molecular complexity index is 929. The van der Waals surface area contributed by atoms with E-state index in [1.807, 2.05) is 6.07 Å². The van der Waals surface area contributed by atoms with Gasteiger partial charge in [-0.3, -0.25) is 14.4 Å². The topological polar surface area (TPSA) is 84.7 Å². The van der Waals surface area contributed by atoms with Crippen LogP contribution in [0.1, 0.15) is 30.1 Å². The minimum absolute atomic E-state index is 0.0727. The van der Waals surface area contributed by atoms with E-state index in [4.69, 9.17) is 16.3 Å². The number of likely N-dealkylation sites (N-methyl/N-ethyl adjacent to an activating group) is 1. The highest BCUT2D eigenvalue weighted by molar-refractivity contribution is 6.30. The molecule has 0 saturated carbocycles. The first kappa shape index (κ1) is 21.8. The lowest BCUT2D eigenvalue weighted by Crippen LogP contribution is -2.47. The minimum Gasteiger partial charge on any atom is -0.466 e. The van der Waals surface area contributed by atoms with Gasteiger partial charge in [0.05, 0.1) is 36.5 Å². The third-order valence-corrected chi connectivity index (χ3v) is 5.25. The zero-order chi connectivity index (χ0) is 21.7. The van der Waals surface area contributed by atoms with Gasteiger partial charge in [0.25, 0.3) is 5.91 Å². The van der Waals surface area contributed by atoms with Crippen molar-refractivity contribution in [2.45, 2.75) is 19.8 Å². The molecule has 0 spiro atoms. The van der Waals surface area contributed by atoms with E-state index in [0.717, 1.165) is 12.1 Å². The highest BCUT2D eigenvalue weighted by Gasteiger charge is 2.30. The predicted octanol–water partition coefficient (Wildman–Crippen LogP) is 2.40. The van der Waals surface area contributed by atoms with E-state index in [2.05, 4.69) is 5.10 Å². The molecule has 1 aliphatic heterocycles. The van der Waals surface area contributed by atoms with Gasteiger partial charge < -0.3 is 14.5 Å². The van der Waals surface area contributed by atoms with Crippen LogP contribution in [0.3, 0.4) is 0 Å². The summed E-state index contributed by atoms with van der Waals surface area (Å²) in [6.45, 7) is 2.91. The van der Waals surface area contributed by atoms with Gasteiger partial charge in [-0.05, 0) is 38.0 Å². The van der Waals surface area contributed by atoms with Crippen molar-refractivity contribution < 1.29 is 19.1 Å². The van der Waals surface area contributed by atoms with E-state index < -0.39 is 0 Å². The van der Waals surface area contributed by atoms with Gasteiger partial charge in [-0.1, -0.05) is 17.7 Å². The number of hydrogen-bond donors (Lipinski definition) is 0. The average Bonchev–Trinajstić information content (AvgIpc) is 3.23. The zero-order valence-corrected chi connectivity index (χ0v) is 17.8. The van der Waals surface area contributed by atoms with Gasteiger partial charge in [-0.15, -0.1) is 0 Å². The third kappa shape index (κ3) is 5.18. The minimum atomic E-state index is -0.310. The largest absolute Gasteiger partial charge is 0.466 e. The summed E-state index contributed by atoms with van der Waals surface area (Å²) in [5.74, 6) is -1.08. The van der Waals surface area contributed by atoms with Crippen LogP contribution in [-0.4, -0.2) is 70.7 Å². The lowest BCUT2D eigenvalue weighted by atomic mass is 9.98. The normalized spacial score (nSPS) is 16.2. The van der Waals surface area contributed by atoms with Crippen molar-refractivity contribution in [3.05, 3.63) is 47.2 Å². The molecule has 0 bridgehead atoms. The Balaban J connectivity index is 1.60. The van der Waals surface area contributed by atoms with Gasteiger partial charge >= 0.3 is 5.97 Å². The van der Waals surface area contributed by atoms with E-state index in [1.54, 1.807) is 47.9 Å². The molecule has 3 rings (SSSR count). The fourth-order valence-electron chi connectivity index (χ4n) is 3.44. The molecule has 0 N–H and O–H groups in total. The second-order valence-corrected chi connectivity index (χ2v) is 7.68. The maximum Gasteiger partial charge on any atom is 0.310 e. The van der Waals surface area contributed by atoms with Crippen LogP contribution in [0.2, 0.25) is 5.02 Å². The molecule has 1 aromatic heterocycles. The number of carbonyl (C=O) groups is 3. The summed E-state index contributed by atoms with van der Waals surface area (Å²) in [7, 11) is 1.57. The fraction of sp³-hybridized carbons (Fsp3) is 0.429. The van der Waals surface area contributed by atoms with Crippen LogP contribution in [0.5, 0.6) is 0 Å². The number of amides is 2. The summed E-state index contributed by atoms with van der Waals surface area (Å²) >= 11 is 6.01. The second-order valence-electron chi connectivity index (χ2n) is 7.25. The highest BCUT2D eigenvalue weighted by Crippen LogP contribution is 2.19. The first-order valence-electron chi connectivity index (χ1n) is 9.89. The first-order chi connectivity index (χ1) is 14.4. The van der Waals surface area contributed by atoms with Gasteiger partial charge in [0.1, 0.15) is 0 Å². The van der Waals surface area contributed by atoms with E-state index in [9.17, 15) is 14.4 Å². The number of rotatable bonds is 6. The molecule has 1 unspecified atom stereocenters. The summed E-state index contributed by atoms with van der Waals surface area (Å²) in [5.41, 5.74) is 1.10. The van der Waals surface area contributed by atoms with Crippen molar-refractivity contribution >= 4 is 29.4 Å². The second kappa shape index (κ2) is 9.75. The molecule has 1 aromatic carbocycles. The molecule has 2 amide bonds. The van der Waals surface area contributed by atoms with Crippen LogP contribution in [0.4, 0.5) is 0 Å². The van der Waals surface area contributed by atoms with Gasteiger partial charge in [-0.2, -0.15) is 5.10 Å². The van der Waals surface area contributed by atoms with Gasteiger partial charge in [-0.25, -0.2) is 4.68 Å². The van der Waals surface area contributed by atoms with Crippen molar-refractivity contribution in [3.8, 4) is 5.69 Å². The number of ether oxygens (including phenoxy) is 1. The number of benzene rings is 1.